The van der Waals surface area contributed by atoms with Crippen molar-refractivity contribution in [2.45, 2.75) is 185 Å². The molecule has 2 nitrogen and oxygen atoms in total. The van der Waals surface area contributed by atoms with E-state index in [1.54, 1.807) is 0 Å². The van der Waals surface area contributed by atoms with Crippen LogP contribution in [-0.4, -0.2) is 4.57 Å². The Morgan fingerprint density at radius 2 is 0.519 bits per heavy atom. The standard InChI is InChI=1S/C15H14.C13H11N.C12H8O.C12H8S.12C2H6/c1-15(2)13-9-5-3-7-11(13)12-8-4-6-10-14(12)15;1-14-12-8-4-2-6-10(12)11-7-3-5-9-13(11)14;2*1-3-7-11-9(5-1)10-6-2-4-8-12(10)13-11;12*1-2/h3-10H,1-2H3;2-9H,1H3;2*1-8H;12*1-2H3. The van der Waals surface area contributed by atoms with Crippen molar-refractivity contribution >= 4 is 75.3 Å². The third-order valence-electron chi connectivity index (χ3n) is 10.9. The van der Waals surface area contributed by atoms with Crippen molar-refractivity contribution in [3.8, 4) is 11.1 Å². The largest absolute Gasteiger partial charge is 0.456 e. The van der Waals surface area contributed by atoms with Gasteiger partial charge in [0.2, 0.25) is 0 Å². The molecule has 0 spiro atoms. The molecular weight excluding hydrogens is 975 g/mol. The summed E-state index contributed by atoms with van der Waals surface area (Å²) in [5, 5.41) is 7.82. The van der Waals surface area contributed by atoms with Crippen molar-refractivity contribution in [3.63, 3.8) is 0 Å². The fourth-order valence-electron chi connectivity index (χ4n) is 8.14. The molecule has 0 fully saturated rings. The van der Waals surface area contributed by atoms with Crippen LogP contribution in [0.2, 0.25) is 0 Å². The smallest absolute Gasteiger partial charge is 0.135 e. The van der Waals surface area contributed by atoms with Crippen LogP contribution >= 0.6 is 11.3 Å². The van der Waals surface area contributed by atoms with Gasteiger partial charge in [-0.3, -0.25) is 0 Å². The number of hydrogen-bond donors (Lipinski definition) is 0. The SMILES string of the molecule is CC.CC.CC.CC.CC.CC.CC.CC.CC.CC.CC.CC.CC1(C)c2ccccc2-c2ccccc21.Cn1c2ccccc2c2ccccc21.c1ccc2c(c1)oc1ccccc12.c1ccc2c(c1)sc1ccccc12. The first-order valence-electron chi connectivity index (χ1n) is 30.8. The summed E-state index contributed by atoms with van der Waals surface area (Å²) >= 11 is 1.86. The van der Waals surface area contributed by atoms with Gasteiger partial charge in [-0.25, -0.2) is 0 Å². The van der Waals surface area contributed by atoms with Crippen molar-refractivity contribution in [2.75, 3.05) is 0 Å². The number of aromatic nitrogens is 1. The van der Waals surface area contributed by atoms with Gasteiger partial charge in [0.25, 0.3) is 0 Å². The van der Waals surface area contributed by atoms with E-state index < -0.39 is 0 Å². The number of thiophene rings is 1. The zero-order valence-electron chi connectivity index (χ0n) is 55.2. The molecule has 3 heteroatoms. The summed E-state index contributed by atoms with van der Waals surface area (Å²) in [6.07, 6.45) is 0. The normalized spacial score (nSPS) is 9.56. The highest BCUT2D eigenvalue weighted by Crippen LogP contribution is 2.48. The summed E-state index contributed by atoms with van der Waals surface area (Å²) < 4.78 is 10.6. The van der Waals surface area contributed by atoms with E-state index in [9.17, 15) is 0 Å². The van der Waals surface area contributed by atoms with Gasteiger partial charge < -0.3 is 8.98 Å². The van der Waals surface area contributed by atoms with Crippen LogP contribution in [0.15, 0.2) is 199 Å². The third-order valence-corrected chi connectivity index (χ3v) is 12.0. The first-order valence-corrected chi connectivity index (χ1v) is 31.6. The van der Waals surface area contributed by atoms with Crippen LogP contribution in [0.25, 0.3) is 75.0 Å². The maximum absolute atomic E-state index is 5.65. The van der Waals surface area contributed by atoms with Gasteiger partial charge in [0.15, 0.2) is 0 Å². The zero-order chi connectivity index (χ0) is 61.4. The zero-order valence-corrected chi connectivity index (χ0v) is 56.1. The van der Waals surface area contributed by atoms with Gasteiger partial charge in [0, 0.05) is 65.2 Å². The lowest BCUT2D eigenvalue weighted by Gasteiger charge is -2.20. The minimum Gasteiger partial charge on any atom is -0.456 e. The van der Waals surface area contributed by atoms with Crippen molar-refractivity contribution in [2.24, 2.45) is 7.05 Å². The number of hydrogen-bond acceptors (Lipinski definition) is 2. The van der Waals surface area contributed by atoms with Crippen LogP contribution in [0.1, 0.15) is 191 Å². The summed E-state index contributed by atoms with van der Waals surface area (Å²) in [5.41, 5.74) is 10.4. The lowest BCUT2D eigenvalue weighted by atomic mass is 9.82. The number of benzene rings is 8. The highest BCUT2D eigenvalue weighted by molar-refractivity contribution is 7.25. The van der Waals surface area contributed by atoms with Gasteiger partial charge in [-0.1, -0.05) is 338 Å². The van der Waals surface area contributed by atoms with Gasteiger partial charge in [-0.15, -0.1) is 11.3 Å². The molecule has 3 heterocycles. The maximum atomic E-state index is 5.65. The fourth-order valence-corrected chi connectivity index (χ4v) is 9.24. The Labute approximate surface area is 490 Å². The average Bonchev–Trinajstić information content (AvgIpc) is 4.31. The Kier molecular flexibility index (Phi) is 49.9. The molecule has 0 amide bonds. The van der Waals surface area contributed by atoms with Gasteiger partial charge >= 0.3 is 0 Å². The molecule has 0 aliphatic heterocycles. The molecule has 0 radical (unpaired) electrons. The Bertz CT molecular complexity index is 2800. The van der Waals surface area contributed by atoms with Crippen molar-refractivity contribution in [1.29, 1.82) is 0 Å². The number of rotatable bonds is 0. The highest BCUT2D eigenvalue weighted by Gasteiger charge is 2.34. The van der Waals surface area contributed by atoms with Gasteiger partial charge in [-0.05, 0) is 58.7 Å². The minimum absolute atomic E-state index is 0.160. The number of nitrogens with zero attached hydrogens (tertiary/aromatic N) is 1. The number of para-hydroxylation sites is 4. The number of fused-ring (bicyclic) bond motifs is 12. The second-order valence-electron chi connectivity index (χ2n) is 14.5. The highest BCUT2D eigenvalue weighted by atomic mass is 32.1. The quantitative estimate of drug-likeness (QED) is 0.148. The summed E-state index contributed by atoms with van der Waals surface area (Å²) in [4.78, 5) is 0. The van der Waals surface area contributed by atoms with Gasteiger partial charge in [0.05, 0.1) is 0 Å². The molecule has 12 rings (SSSR count). The summed E-state index contributed by atoms with van der Waals surface area (Å²) in [5.74, 6) is 0. The molecule has 3 aromatic heterocycles. The number of furan rings is 1. The van der Waals surface area contributed by atoms with Crippen LogP contribution in [-0.2, 0) is 12.5 Å². The third kappa shape index (κ3) is 22.0. The first-order chi connectivity index (χ1) is 39.0. The molecule has 1 aliphatic carbocycles. The predicted molar refractivity (Wildman–Crippen MR) is 374 cm³/mol. The molecule has 0 saturated carbocycles. The molecule has 0 unspecified atom stereocenters. The lowest BCUT2D eigenvalue weighted by molar-refractivity contribution is 0.660. The topological polar surface area (TPSA) is 18.1 Å². The Morgan fingerprint density at radius 1 is 0.278 bits per heavy atom. The molecular formula is C76H113NOS. The molecule has 1 aliphatic rings. The lowest BCUT2D eigenvalue weighted by Crippen LogP contribution is -2.14. The monoisotopic (exact) mass is 1090 g/mol. The van der Waals surface area contributed by atoms with E-state index in [2.05, 4.69) is 183 Å². The van der Waals surface area contributed by atoms with E-state index in [1.165, 1.54) is 75.0 Å². The van der Waals surface area contributed by atoms with Crippen molar-refractivity contribution in [3.05, 3.63) is 205 Å². The Morgan fingerprint density at radius 3 is 0.848 bits per heavy atom. The molecule has 0 bridgehead atoms. The molecule has 0 N–H and O–H groups in total. The van der Waals surface area contributed by atoms with Crippen molar-refractivity contribution in [1.82, 2.24) is 4.57 Å². The van der Waals surface area contributed by atoms with E-state index in [-0.39, 0.29) is 5.41 Å². The van der Waals surface area contributed by atoms with E-state index in [0.717, 1.165) is 11.2 Å². The average molecular weight is 1090 g/mol. The van der Waals surface area contributed by atoms with Crippen LogP contribution in [0.5, 0.6) is 0 Å². The molecule has 8 aromatic carbocycles. The van der Waals surface area contributed by atoms with E-state index in [0.29, 0.717) is 0 Å². The van der Waals surface area contributed by atoms with Gasteiger partial charge in [-0.2, -0.15) is 0 Å². The molecule has 434 valence electrons. The summed E-state index contributed by atoms with van der Waals surface area (Å²) in [6, 6.07) is 67.8. The number of aryl methyl sites for hydroxylation is 1. The molecule has 11 aromatic rings. The first kappa shape index (κ1) is 79.1. The van der Waals surface area contributed by atoms with Crippen molar-refractivity contribution < 1.29 is 4.42 Å². The second kappa shape index (κ2) is 49.8. The minimum atomic E-state index is 0.160. The Hall–Kier alpha value is -6.42. The van der Waals surface area contributed by atoms with E-state index in [4.69, 9.17) is 4.42 Å². The molecule has 0 saturated heterocycles. The summed E-state index contributed by atoms with van der Waals surface area (Å²) in [7, 11) is 2.12. The van der Waals surface area contributed by atoms with E-state index in [1.807, 2.05) is 214 Å². The van der Waals surface area contributed by atoms with E-state index >= 15 is 0 Å². The van der Waals surface area contributed by atoms with Crippen LogP contribution in [0, 0.1) is 0 Å². The molecule has 0 atom stereocenters. The van der Waals surface area contributed by atoms with Crippen LogP contribution < -0.4 is 0 Å². The second-order valence-corrected chi connectivity index (χ2v) is 15.6. The Balaban J connectivity index is -0.000000421. The maximum Gasteiger partial charge on any atom is 0.135 e. The van der Waals surface area contributed by atoms with Crippen LogP contribution in [0.4, 0.5) is 0 Å². The summed E-state index contributed by atoms with van der Waals surface area (Å²) in [6.45, 7) is 52.6. The predicted octanol–water partition coefficient (Wildman–Crippen LogP) is 27.3. The van der Waals surface area contributed by atoms with Crippen LogP contribution in [0.3, 0.4) is 0 Å². The van der Waals surface area contributed by atoms with Gasteiger partial charge in [0.1, 0.15) is 11.2 Å². The molecule has 79 heavy (non-hydrogen) atoms. The fraction of sp³-hybridized carbons (Fsp3) is 0.368.